The fraction of sp³-hybridized carbons (Fsp3) is 0.207. The molecule has 1 unspecified atom stereocenters. The molecule has 0 fully saturated rings. The minimum absolute atomic E-state index is 0.0201. The summed E-state index contributed by atoms with van der Waals surface area (Å²) in [5, 5.41) is 0.425. The van der Waals surface area contributed by atoms with Crippen molar-refractivity contribution in [1.29, 1.82) is 0 Å². The van der Waals surface area contributed by atoms with Gasteiger partial charge in [-0.1, -0.05) is 12.1 Å². The Morgan fingerprint density at radius 2 is 1.64 bits per heavy atom. The standard InChI is InChI=1S/C29H25NO6/c1-5-35-21-12-10-20(11-13-21)30-25(18-6-8-19(9-7-18)29(33)34-4)24-26(31)22-14-16(2)17(3)15-23(22)36-27(24)28(30)32/h6-15,25H,5H2,1-4H3. The Labute approximate surface area is 207 Å². The number of aryl methyl sites for hydroxylation is 2. The molecule has 1 atom stereocenters. The van der Waals surface area contributed by atoms with Crippen molar-refractivity contribution in [2.24, 2.45) is 0 Å². The summed E-state index contributed by atoms with van der Waals surface area (Å²) in [6, 6.07) is 16.7. The molecule has 7 nitrogen and oxygen atoms in total. The average Bonchev–Trinajstić information content (AvgIpc) is 3.18. The summed E-state index contributed by atoms with van der Waals surface area (Å²) in [5.74, 6) is -0.181. The number of carbonyl (C=O) groups is 2. The summed E-state index contributed by atoms with van der Waals surface area (Å²) >= 11 is 0. The first-order chi connectivity index (χ1) is 17.3. The fourth-order valence-corrected chi connectivity index (χ4v) is 4.60. The topological polar surface area (TPSA) is 86.0 Å². The van der Waals surface area contributed by atoms with Crippen LogP contribution in [0.5, 0.6) is 5.75 Å². The van der Waals surface area contributed by atoms with Crippen molar-refractivity contribution in [3.8, 4) is 5.75 Å². The molecule has 3 aromatic carbocycles. The molecule has 0 radical (unpaired) electrons. The summed E-state index contributed by atoms with van der Waals surface area (Å²) in [7, 11) is 1.32. The minimum Gasteiger partial charge on any atom is -0.494 e. The van der Waals surface area contributed by atoms with Crippen LogP contribution in [0, 0.1) is 13.8 Å². The lowest BCUT2D eigenvalue weighted by molar-refractivity contribution is 0.0600. The Bertz CT molecular complexity index is 1550. The van der Waals surface area contributed by atoms with Gasteiger partial charge in [0, 0.05) is 5.69 Å². The van der Waals surface area contributed by atoms with Crippen LogP contribution in [0.2, 0.25) is 0 Å². The second-order valence-electron chi connectivity index (χ2n) is 8.72. The number of hydrogen-bond donors (Lipinski definition) is 0. The quantitative estimate of drug-likeness (QED) is 0.356. The fourth-order valence-electron chi connectivity index (χ4n) is 4.60. The molecule has 0 aliphatic carbocycles. The zero-order valence-electron chi connectivity index (χ0n) is 20.5. The average molecular weight is 484 g/mol. The largest absolute Gasteiger partial charge is 0.494 e. The maximum absolute atomic E-state index is 13.8. The maximum Gasteiger partial charge on any atom is 0.337 e. The van der Waals surface area contributed by atoms with Gasteiger partial charge in [0.15, 0.2) is 5.43 Å². The van der Waals surface area contributed by atoms with E-state index in [0.717, 1.165) is 11.1 Å². The van der Waals surface area contributed by atoms with Gasteiger partial charge in [0.2, 0.25) is 5.76 Å². The molecule has 182 valence electrons. The second-order valence-corrected chi connectivity index (χ2v) is 8.72. The molecule has 0 saturated heterocycles. The predicted octanol–water partition coefficient (Wildman–Crippen LogP) is 5.34. The number of benzene rings is 3. The number of anilines is 1. The summed E-state index contributed by atoms with van der Waals surface area (Å²) in [6.07, 6.45) is 0. The van der Waals surface area contributed by atoms with Crippen molar-refractivity contribution in [2.75, 3.05) is 18.6 Å². The summed E-state index contributed by atoms with van der Waals surface area (Å²) in [6.45, 7) is 6.28. The normalized spacial score (nSPS) is 14.7. The van der Waals surface area contributed by atoms with Gasteiger partial charge < -0.3 is 13.9 Å². The maximum atomic E-state index is 13.8. The Morgan fingerprint density at radius 1 is 0.972 bits per heavy atom. The van der Waals surface area contributed by atoms with Crippen molar-refractivity contribution in [3.05, 3.63) is 104 Å². The summed E-state index contributed by atoms with van der Waals surface area (Å²) < 4.78 is 16.4. The van der Waals surface area contributed by atoms with Gasteiger partial charge in [0.1, 0.15) is 11.3 Å². The van der Waals surface area contributed by atoms with Crippen molar-refractivity contribution in [2.45, 2.75) is 26.8 Å². The van der Waals surface area contributed by atoms with Gasteiger partial charge in [-0.3, -0.25) is 14.5 Å². The van der Waals surface area contributed by atoms with E-state index in [-0.39, 0.29) is 16.8 Å². The molecule has 1 aromatic heterocycles. The van der Waals surface area contributed by atoms with Gasteiger partial charge in [-0.25, -0.2) is 4.79 Å². The molecular formula is C29H25NO6. The van der Waals surface area contributed by atoms with Crippen LogP contribution in [0.3, 0.4) is 0 Å². The van der Waals surface area contributed by atoms with Crippen LogP contribution in [-0.2, 0) is 4.74 Å². The first-order valence-electron chi connectivity index (χ1n) is 11.7. The van der Waals surface area contributed by atoms with Crippen molar-refractivity contribution < 1.29 is 23.5 Å². The van der Waals surface area contributed by atoms with E-state index in [4.69, 9.17) is 13.9 Å². The number of amides is 1. The van der Waals surface area contributed by atoms with Crippen LogP contribution in [-0.4, -0.2) is 25.6 Å². The van der Waals surface area contributed by atoms with E-state index in [9.17, 15) is 14.4 Å². The van der Waals surface area contributed by atoms with Gasteiger partial charge >= 0.3 is 5.97 Å². The highest BCUT2D eigenvalue weighted by molar-refractivity contribution is 6.10. The monoisotopic (exact) mass is 483 g/mol. The number of ether oxygens (including phenoxy) is 2. The Balaban J connectivity index is 1.73. The Kier molecular flexibility index (Phi) is 5.84. The van der Waals surface area contributed by atoms with Gasteiger partial charge in [0.05, 0.1) is 36.3 Å². The van der Waals surface area contributed by atoms with Gasteiger partial charge in [-0.2, -0.15) is 0 Å². The van der Waals surface area contributed by atoms with Gasteiger partial charge in [-0.15, -0.1) is 0 Å². The van der Waals surface area contributed by atoms with E-state index in [1.54, 1.807) is 65.6 Å². The molecular weight excluding hydrogens is 458 g/mol. The lowest BCUT2D eigenvalue weighted by Gasteiger charge is -2.25. The third-order valence-electron chi connectivity index (χ3n) is 6.56. The Morgan fingerprint density at radius 3 is 2.28 bits per heavy atom. The lowest BCUT2D eigenvalue weighted by Crippen LogP contribution is -2.29. The molecule has 0 spiro atoms. The van der Waals surface area contributed by atoms with E-state index in [1.165, 1.54) is 7.11 Å². The highest BCUT2D eigenvalue weighted by atomic mass is 16.5. The van der Waals surface area contributed by atoms with E-state index >= 15 is 0 Å². The molecule has 4 aromatic rings. The number of carbonyl (C=O) groups excluding carboxylic acids is 2. The third kappa shape index (κ3) is 3.73. The zero-order chi connectivity index (χ0) is 25.6. The number of rotatable bonds is 5. The van der Waals surface area contributed by atoms with Crippen molar-refractivity contribution in [1.82, 2.24) is 0 Å². The first kappa shape index (κ1) is 23.4. The van der Waals surface area contributed by atoms with E-state index in [1.807, 2.05) is 20.8 Å². The SMILES string of the molecule is CCOc1ccc(N2C(=O)c3oc4cc(C)c(C)cc4c(=O)c3C2c2ccc(C(=O)OC)cc2)cc1. The number of fused-ring (bicyclic) bond motifs is 2. The van der Waals surface area contributed by atoms with Crippen LogP contribution in [0.4, 0.5) is 5.69 Å². The first-order valence-corrected chi connectivity index (χ1v) is 11.7. The predicted molar refractivity (Wildman–Crippen MR) is 136 cm³/mol. The molecule has 2 heterocycles. The van der Waals surface area contributed by atoms with Crippen molar-refractivity contribution in [3.63, 3.8) is 0 Å². The highest BCUT2D eigenvalue weighted by Crippen LogP contribution is 2.41. The minimum atomic E-state index is -0.737. The van der Waals surface area contributed by atoms with Gasteiger partial charge in [-0.05, 0) is 86.0 Å². The van der Waals surface area contributed by atoms with Crippen LogP contribution < -0.4 is 15.1 Å². The van der Waals surface area contributed by atoms with Crippen molar-refractivity contribution >= 4 is 28.5 Å². The van der Waals surface area contributed by atoms with E-state index < -0.39 is 17.9 Å². The lowest BCUT2D eigenvalue weighted by atomic mass is 9.96. The van der Waals surface area contributed by atoms with Crippen LogP contribution in [0.1, 0.15) is 56.1 Å². The molecule has 1 aliphatic rings. The number of nitrogens with zero attached hydrogens (tertiary/aromatic N) is 1. The smallest absolute Gasteiger partial charge is 0.337 e. The number of hydrogen-bond acceptors (Lipinski definition) is 6. The van der Waals surface area contributed by atoms with Crippen LogP contribution in [0.15, 0.2) is 69.9 Å². The number of methoxy groups -OCH3 is 1. The Hall–Kier alpha value is -4.39. The zero-order valence-corrected chi connectivity index (χ0v) is 20.5. The molecule has 36 heavy (non-hydrogen) atoms. The van der Waals surface area contributed by atoms with E-state index in [2.05, 4.69) is 0 Å². The molecule has 1 amide bonds. The summed E-state index contributed by atoms with van der Waals surface area (Å²) in [5.41, 5.74) is 3.95. The van der Waals surface area contributed by atoms with Gasteiger partial charge in [0.25, 0.3) is 5.91 Å². The van der Waals surface area contributed by atoms with Crippen LogP contribution >= 0.6 is 0 Å². The molecule has 7 heteroatoms. The van der Waals surface area contributed by atoms with Crippen LogP contribution in [0.25, 0.3) is 11.0 Å². The molecule has 0 saturated carbocycles. The molecule has 5 rings (SSSR count). The summed E-state index contributed by atoms with van der Waals surface area (Å²) in [4.78, 5) is 41.1. The molecule has 0 N–H and O–H groups in total. The molecule has 1 aliphatic heterocycles. The van der Waals surface area contributed by atoms with E-state index in [0.29, 0.717) is 40.1 Å². The molecule has 0 bridgehead atoms. The number of esters is 1. The third-order valence-corrected chi connectivity index (χ3v) is 6.56. The highest BCUT2D eigenvalue weighted by Gasteiger charge is 2.43. The second kappa shape index (κ2) is 9.00.